The first-order chi connectivity index (χ1) is 16.8. The van der Waals surface area contributed by atoms with Crippen molar-refractivity contribution in [2.24, 2.45) is 5.73 Å². The van der Waals surface area contributed by atoms with Crippen molar-refractivity contribution >= 4 is 39.9 Å². The molecule has 4 rings (SSSR count). The molecule has 1 heterocycles. The van der Waals surface area contributed by atoms with Crippen LogP contribution in [0.2, 0.25) is 0 Å². The molecule has 11 heteroatoms. The van der Waals surface area contributed by atoms with E-state index in [-0.39, 0.29) is 46.4 Å². The normalized spacial score (nSPS) is 13.4. The van der Waals surface area contributed by atoms with Gasteiger partial charge < -0.3 is 20.7 Å². The average Bonchev–Trinajstić information content (AvgIpc) is 2.86. The van der Waals surface area contributed by atoms with Gasteiger partial charge in [-0.05, 0) is 48.0 Å². The number of piperazine rings is 1. The molecule has 0 unspecified atom stereocenters. The van der Waals surface area contributed by atoms with Crippen molar-refractivity contribution in [3.8, 4) is 11.5 Å². The minimum atomic E-state index is -4.14. The van der Waals surface area contributed by atoms with Crippen LogP contribution >= 0.6 is 12.4 Å². The quantitative estimate of drug-likeness (QED) is 0.410. The fourth-order valence-corrected chi connectivity index (χ4v) is 5.07. The summed E-state index contributed by atoms with van der Waals surface area (Å²) in [4.78, 5) is 26.2. The van der Waals surface area contributed by atoms with Crippen LogP contribution < -0.4 is 20.5 Å². The highest BCUT2D eigenvalue weighted by molar-refractivity contribution is 7.92. The van der Waals surface area contributed by atoms with E-state index in [2.05, 4.69) is 10.0 Å². The fourth-order valence-electron chi connectivity index (χ4n) is 3.78. The van der Waals surface area contributed by atoms with Gasteiger partial charge in [-0.15, -0.1) is 12.4 Å². The molecule has 190 valence electrons. The van der Waals surface area contributed by atoms with Crippen molar-refractivity contribution in [1.29, 1.82) is 0 Å². The Morgan fingerprint density at radius 1 is 0.972 bits per heavy atom. The zero-order chi connectivity index (χ0) is 24.8. The number of halogens is 1. The molecule has 1 aliphatic rings. The molecule has 3 aromatic carbocycles. The third-order valence-electron chi connectivity index (χ3n) is 5.55. The number of amides is 2. The Balaban J connectivity index is 0.00000361. The molecular formula is C25H27ClN4O5S. The van der Waals surface area contributed by atoms with Crippen LogP contribution in [0, 0.1) is 0 Å². The zero-order valence-electron chi connectivity index (χ0n) is 19.3. The van der Waals surface area contributed by atoms with Crippen molar-refractivity contribution in [2.75, 3.05) is 30.9 Å². The number of rotatable bonds is 8. The summed E-state index contributed by atoms with van der Waals surface area (Å²) in [5, 5.41) is 3.17. The largest absolute Gasteiger partial charge is 0.455 e. The molecule has 0 aromatic heterocycles. The summed E-state index contributed by atoms with van der Waals surface area (Å²) < 4.78 is 35.3. The highest BCUT2D eigenvalue weighted by Gasteiger charge is 2.25. The lowest BCUT2D eigenvalue weighted by atomic mass is 10.1. The number of nitrogens with one attached hydrogen (secondary N) is 2. The van der Waals surface area contributed by atoms with Gasteiger partial charge in [0.2, 0.25) is 11.8 Å². The number of carbonyl (C=O) groups excluding carboxylic acids is 2. The van der Waals surface area contributed by atoms with E-state index < -0.39 is 15.9 Å². The number of sulfonamides is 1. The van der Waals surface area contributed by atoms with Crippen LogP contribution in [0.4, 0.5) is 5.69 Å². The molecule has 0 spiro atoms. The van der Waals surface area contributed by atoms with E-state index in [1.807, 2.05) is 18.2 Å². The first-order valence-corrected chi connectivity index (χ1v) is 12.6. The smallest absolute Gasteiger partial charge is 0.262 e. The van der Waals surface area contributed by atoms with Gasteiger partial charge >= 0.3 is 0 Å². The predicted octanol–water partition coefficient (Wildman–Crippen LogP) is 2.77. The Hall–Kier alpha value is -3.60. The monoisotopic (exact) mass is 530 g/mol. The van der Waals surface area contributed by atoms with Crippen LogP contribution in [-0.4, -0.2) is 51.3 Å². The Bertz CT molecular complexity index is 1330. The fraction of sp³-hybridized carbons (Fsp3) is 0.200. The van der Waals surface area contributed by atoms with E-state index in [0.29, 0.717) is 37.7 Å². The molecular weight excluding hydrogens is 504 g/mol. The molecule has 0 bridgehead atoms. The summed E-state index contributed by atoms with van der Waals surface area (Å²) >= 11 is 0. The van der Waals surface area contributed by atoms with Gasteiger partial charge in [0, 0.05) is 31.7 Å². The summed E-state index contributed by atoms with van der Waals surface area (Å²) in [5.41, 5.74) is 5.96. The van der Waals surface area contributed by atoms with Crippen LogP contribution in [-0.2, 0) is 21.2 Å². The van der Waals surface area contributed by atoms with Gasteiger partial charge in [-0.2, -0.15) is 0 Å². The van der Waals surface area contributed by atoms with Gasteiger partial charge in [0.15, 0.2) is 5.75 Å². The van der Waals surface area contributed by atoms with Crippen LogP contribution in [0.3, 0.4) is 0 Å². The van der Waals surface area contributed by atoms with E-state index >= 15 is 0 Å². The molecule has 1 aliphatic heterocycles. The number of para-hydroxylation sites is 3. The SMILES string of the molecule is Cl.NC(=O)c1ccc(S(=O)(=O)Nc2ccccc2Oc2ccccc2)c(CC(=O)N2CCNCC2)c1. The maximum absolute atomic E-state index is 13.4. The number of benzene rings is 3. The van der Waals surface area contributed by atoms with Gasteiger partial charge in [-0.3, -0.25) is 14.3 Å². The second-order valence-electron chi connectivity index (χ2n) is 8.01. The van der Waals surface area contributed by atoms with Crippen molar-refractivity contribution < 1.29 is 22.7 Å². The molecule has 0 saturated carbocycles. The Morgan fingerprint density at radius 2 is 1.64 bits per heavy atom. The topological polar surface area (TPSA) is 131 Å². The number of ether oxygens (including phenoxy) is 1. The second-order valence-corrected chi connectivity index (χ2v) is 9.66. The molecule has 0 aliphatic carbocycles. The highest BCUT2D eigenvalue weighted by Crippen LogP contribution is 2.31. The zero-order valence-corrected chi connectivity index (χ0v) is 21.0. The number of primary amides is 1. The van der Waals surface area contributed by atoms with Crippen molar-refractivity contribution in [1.82, 2.24) is 10.2 Å². The summed E-state index contributed by atoms with van der Waals surface area (Å²) in [5.74, 6) is -0.0708. The molecule has 0 radical (unpaired) electrons. The Labute approximate surface area is 216 Å². The minimum absolute atomic E-state index is 0. The van der Waals surface area contributed by atoms with E-state index in [0.717, 1.165) is 0 Å². The second kappa shape index (κ2) is 11.9. The van der Waals surface area contributed by atoms with E-state index in [4.69, 9.17) is 10.5 Å². The summed E-state index contributed by atoms with van der Waals surface area (Å²) in [6.45, 7) is 2.38. The average molecular weight is 531 g/mol. The van der Waals surface area contributed by atoms with Gasteiger partial charge in [-0.1, -0.05) is 30.3 Å². The number of nitrogens with zero attached hydrogens (tertiary/aromatic N) is 1. The number of hydrogen-bond acceptors (Lipinski definition) is 6. The number of nitrogens with two attached hydrogens (primary N) is 1. The Morgan fingerprint density at radius 3 is 2.33 bits per heavy atom. The first-order valence-electron chi connectivity index (χ1n) is 11.1. The molecule has 1 saturated heterocycles. The third kappa shape index (κ3) is 6.54. The molecule has 36 heavy (non-hydrogen) atoms. The van der Waals surface area contributed by atoms with E-state index in [1.165, 1.54) is 18.2 Å². The molecule has 1 fully saturated rings. The van der Waals surface area contributed by atoms with E-state index in [1.54, 1.807) is 41.3 Å². The molecule has 0 atom stereocenters. The Kier molecular flexibility index (Phi) is 8.92. The molecule has 4 N–H and O–H groups in total. The van der Waals surface area contributed by atoms with Gasteiger partial charge in [0.1, 0.15) is 5.75 Å². The van der Waals surface area contributed by atoms with Crippen LogP contribution in [0.15, 0.2) is 77.7 Å². The lowest BCUT2D eigenvalue weighted by Crippen LogP contribution is -2.47. The predicted molar refractivity (Wildman–Crippen MR) is 139 cm³/mol. The minimum Gasteiger partial charge on any atom is -0.455 e. The standard InChI is InChI=1S/C25H26N4O5S.ClH/c26-25(31)18-10-11-23(19(16-18)17-24(30)29-14-12-27-13-15-29)35(32,33)28-21-8-4-5-9-22(21)34-20-6-2-1-3-7-20;/h1-11,16,27-28H,12-15,17H2,(H2,26,31);1H. The first kappa shape index (κ1) is 27.0. The van der Waals surface area contributed by atoms with Crippen LogP contribution in [0.1, 0.15) is 15.9 Å². The number of anilines is 1. The summed E-state index contributed by atoms with van der Waals surface area (Å²) in [6, 6.07) is 19.6. The maximum atomic E-state index is 13.4. The summed E-state index contributed by atoms with van der Waals surface area (Å²) in [7, 11) is -4.14. The maximum Gasteiger partial charge on any atom is 0.262 e. The van der Waals surface area contributed by atoms with Crippen molar-refractivity contribution in [3.05, 3.63) is 83.9 Å². The molecule has 9 nitrogen and oxygen atoms in total. The number of carbonyl (C=O) groups is 2. The van der Waals surface area contributed by atoms with Crippen LogP contribution in [0.25, 0.3) is 0 Å². The lowest BCUT2D eigenvalue weighted by molar-refractivity contribution is -0.131. The lowest BCUT2D eigenvalue weighted by Gasteiger charge is -2.27. The molecule has 3 aromatic rings. The number of hydrogen-bond donors (Lipinski definition) is 3. The van der Waals surface area contributed by atoms with Gasteiger partial charge in [0.05, 0.1) is 17.0 Å². The van der Waals surface area contributed by atoms with Gasteiger partial charge in [-0.25, -0.2) is 8.42 Å². The van der Waals surface area contributed by atoms with Crippen LogP contribution in [0.5, 0.6) is 11.5 Å². The van der Waals surface area contributed by atoms with Crippen molar-refractivity contribution in [3.63, 3.8) is 0 Å². The third-order valence-corrected chi connectivity index (χ3v) is 7.01. The van der Waals surface area contributed by atoms with Gasteiger partial charge in [0.25, 0.3) is 10.0 Å². The van der Waals surface area contributed by atoms with E-state index in [9.17, 15) is 18.0 Å². The molecule has 2 amide bonds. The van der Waals surface area contributed by atoms with Crippen molar-refractivity contribution in [2.45, 2.75) is 11.3 Å². The summed E-state index contributed by atoms with van der Waals surface area (Å²) in [6.07, 6.45) is -0.181. The highest BCUT2D eigenvalue weighted by atomic mass is 35.5.